The van der Waals surface area contributed by atoms with Crippen molar-refractivity contribution in [2.24, 2.45) is 4.99 Å². The summed E-state index contributed by atoms with van der Waals surface area (Å²) in [5, 5.41) is 2.80. The minimum absolute atomic E-state index is 0.186. The largest absolute Gasteiger partial charge is 0.497 e. The van der Waals surface area contributed by atoms with Gasteiger partial charge >= 0.3 is 0 Å². The second-order valence-corrected chi connectivity index (χ2v) is 5.22. The number of aliphatic imine (C=N–C) groups is 1. The number of halogens is 1. The van der Waals surface area contributed by atoms with E-state index in [2.05, 4.69) is 26.2 Å². The highest BCUT2D eigenvalue weighted by Gasteiger charge is 2.25. The lowest BCUT2D eigenvalue weighted by Gasteiger charge is -2.01. The first kappa shape index (κ1) is 12.9. The van der Waals surface area contributed by atoms with Crippen molar-refractivity contribution in [3.8, 4) is 5.75 Å². The van der Waals surface area contributed by atoms with Crippen molar-refractivity contribution in [1.82, 2.24) is 0 Å². The topological polar surface area (TPSA) is 50.7 Å². The minimum atomic E-state index is -0.186. The van der Waals surface area contributed by atoms with Crippen LogP contribution in [0.3, 0.4) is 0 Å². The van der Waals surface area contributed by atoms with E-state index in [0.717, 1.165) is 21.5 Å². The molecule has 0 spiro atoms. The van der Waals surface area contributed by atoms with Crippen molar-refractivity contribution in [2.75, 3.05) is 12.4 Å². The van der Waals surface area contributed by atoms with Crippen LogP contribution < -0.4 is 10.1 Å². The van der Waals surface area contributed by atoms with Gasteiger partial charge in [-0.1, -0.05) is 15.9 Å². The molecule has 2 aromatic carbocycles. The molecule has 0 atom stereocenters. The molecule has 0 bridgehead atoms. The number of ether oxygens (including phenoxy) is 1. The predicted molar refractivity (Wildman–Crippen MR) is 82.0 cm³/mol. The van der Waals surface area contributed by atoms with Gasteiger partial charge < -0.3 is 10.1 Å². The number of anilines is 1. The lowest BCUT2D eigenvalue weighted by molar-refractivity contribution is -0.110. The molecule has 3 rings (SSSR count). The van der Waals surface area contributed by atoms with Gasteiger partial charge in [-0.25, -0.2) is 4.99 Å². The third kappa shape index (κ3) is 2.32. The Bertz CT molecular complexity index is 708. The van der Waals surface area contributed by atoms with Gasteiger partial charge in [0.15, 0.2) is 0 Å². The van der Waals surface area contributed by atoms with Gasteiger partial charge in [0.25, 0.3) is 5.91 Å². The van der Waals surface area contributed by atoms with E-state index in [0.29, 0.717) is 11.4 Å². The SMILES string of the molecule is COc1ccc(N=C2C(=O)Nc3ccc(Br)cc32)cc1. The lowest BCUT2D eigenvalue weighted by atomic mass is 10.1. The summed E-state index contributed by atoms with van der Waals surface area (Å²) in [6.07, 6.45) is 0. The highest BCUT2D eigenvalue weighted by Crippen LogP contribution is 2.28. The zero-order valence-corrected chi connectivity index (χ0v) is 12.3. The molecule has 2 aromatic rings. The summed E-state index contributed by atoms with van der Waals surface area (Å²) in [4.78, 5) is 16.4. The van der Waals surface area contributed by atoms with Crippen LogP contribution in [0.1, 0.15) is 5.56 Å². The van der Waals surface area contributed by atoms with Gasteiger partial charge in [0.2, 0.25) is 0 Å². The number of carbonyl (C=O) groups excluding carboxylic acids is 1. The van der Waals surface area contributed by atoms with Crippen molar-refractivity contribution in [2.45, 2.75) is 0 Å². The highest BCUT2D eigenvalue weighted by atomic mass is 79.9. The smallest absolute Gasteiger partial charge is 0.275 e. The molecule has 0 unspecified atom stereocenters. The van der Waals surface area contributed by atoms with Crippen LogP contribution in [-0.2, 0) is 4.79 Å². The van der Waals surface area contributed by atoms with E-state index < -0.39 is 0 Å². The van der Waals surface area contributed by atoms with E-state index in [1.165, 1.54) is 0 Å². The molecular weight excluding hydrogens is 320 g/mol. The van der Waals surface area contributed by atoms with E-state index >= 15 is 0 Å². The number of nitrogens with one attached hydrogen (secondary N) is 1. The van der Waals surface area contributed by atoms with E-state index in [1.54, 1.807) is 7.11 Å². The Morgan fingerprint density at radius 1 is 1.15 bits per heavy atom. The Labute approximate surface area is 124 Å². The molecule has 20 heavy (non-hydrogen) atoms. The number of hydrogen-bond donors (Lipinski definition) is 1. The van der Waals surface area contributed by atoms with Gasteiger partial charge in [-0.2, -0.15) is 0 Å². The average molecular weight is 331 g/mol. The van der Waals surface area contributed by atoms with E-state index in [1.807, 2.05) is 42.5 Å². The molecule has 5 heteroatoms. The van der Waals surface area contributed by atoms with Crippen molar-refractivity contribution in [3.05, 3.63) is 52.5 Å². The zero-order valence-electron chi connectivity index (χ0n) is 10.7. The molecule has 0 radical (unpaired) electrons. The molecule has 4 nitrogen and oxygen atoms in total. The summed E-state index contributed by atoms with van der Waals surface area (Å²) in [6, 6.07) is 12.9. The second kappa shape index (κ2) is 5.09. The van der Waals surface area contributed by atoms with Crippen LogP contribution >= 0.6 is 15.9 Å². The van der Waals surface area contributed by atoms with Crippen molar-refractivity contribution >= 4 is 38.9 Å². The van der Waals surface area contributed by atoms with Crippen molar-refractivity contribution in [1.29, 1.82) is 0 Å². The number of hydrogen-bond acceptors (Lipinski definition) is 3. The van der Waals surface area contributed by atoms with Gasteiger partial charge in [-0.15, -0.1) is 0 Å². The Balaban J connectivity index is 2.03. The van der Waals surface area contributed by atoms with Crippen molar-refractivity contribution < 1.29 is 9.53 Å². The Morgan fingerprint density at radius 2 is 1.90 bits per heavy atom. The first-order valence-electron chi connectivity index (χ1n) is 6.01. The number of rotatable bonds is 2. The van der Waals surface area contributed by atoms with Gasteiger partial charge in [0.1, 0.15) is 11.5 Å². The number of nitrogens with zero attached hydrogens (tertiary/aromatic N) is 1. The molecule has 0 aliphatic carbocycles. The Hall–Kier alpha value is -2.14. The third-order valence-electron chi connectivity index (χ3n) is 3.01. The van der Waals surface area contributed by atoms with Gasteiger partial charge in [-0.3, -0.25) is 4.79 Å². The van der Waals surface area contributed by atoms with Crippen LogP contribution in [0.25, 0.3) is 0 Å². The summed E-state index contributed by atoms with van der Waals surface area (Å²) in [5.74, 6) is 0.571. The quantitative estimate of drug-likeness (QED) is 0.915. The predicted octanol–water partition coefficient (Wildman–Crippen LogP) is 3.53. The normalized spacial score (nSPS) is 15.1. The number of carbonyl (C=O) groups is 1. The minimum Gasteiger partial charge on any atom is -0.497 e. The third-order valence-corrected chi connectivity index (χ3v) is 3.51. The molecule has 1 amide bonds. The fraction of sp³-hybridized carbons (Fsp3) is 0.0667. The molecule has 1 aliphatic rings. The molecule has 0 saturated heterocycles. The number of amides is 1. The first-order chi connectivity index (χ1) is 9.67. The molecule has 0 fully saturated rings. The Morgan fingerprint density at radius 3 is 2.60 bits per heavy atom. The van der Waals surface area contributed by atoms with Crippen LogP contribution in [0.2, 0.25) is 0 Å². The van der Waals surface area contributed by atoms with Gasteiger partial charge in [0, 0.05) is 10.0 Å². The molecule has 0 saturated carbocycles. The molecule has 0 aromatic heterocycles. The molecule has 1 N–H and O–H groups in total. The number of methoxy groups -OCH3 is 1. The fourth-order valence-electron chi connectivity index (χ4n) is 2.02. The van der Waals surface area contributed by atoms with Crippen LogP contribution in [0.5, 0.6) is 5.75 Å². The summed E-state index contributed by atoms with van der Waals surface area (Å²) < 4.78 is 6.01. The van der Waals surface area contributed by atoms with E-state index in [-0.39, 0.29) is 5.91 Å². The highest BCUT2D eigenvalue weighted by molar-refractivity contribution is 9.10. The van der Waals surface area contributed by atoms with Crippen LogP contribution in [-0.4, -0.2) is 18.7 Å². The van der Waals surface area contributed by atoms with Crippen LogP contribution in [0.4, 0.5) is 11.4 Å². The van der Waals surface area contributed by atoms with E-state index in [4.69, 9.17) is 4.74 Å². The van der Waals surface area contributed by atoms with Gasteiger partial charge in [0.05, 0.1) is 18.5 Å². The lowest BCUT2D eigenvalue weighted by Crippen LogP contribution is -2.13. The monoisotopic (exact) mass is 330 g/mol. The molecule has 1 heterocycles. The zero-order chi connectivity index (χ0) is 14.1. The molecular formula is C15H11BrN2O2. The molecule has 100 valence electrons. The maximum Gasteiger partial charge on any atom is 0.275 e. The summed E-state index contributed by atoms with van der Waals surface area (Å²) >= 11 is 3.41. The first-order valence-corrected chi connectivity index (χ1v) is 6.81. The van der Waals surface area contributed by atoms with Gasteiger partial charge in [-0.05, 0) is 42.5 Å². The number of benzene rings is 2. The summed E-state index contributed by atoms with van der Waals surface area (Å²) in [7, 11) is 1.61. The molecule has 1 aliphatic heterocycles. The van der Waals surface area contributed by atoms with Crippen molar-refractivity contribution in [3.63, 3.8) is 0 Å². The number of fused-ring (bicyclic) bond motifs is 1. The summed E-state index contributed by atoms with van der Waals surface area (Å²) in [5.41, 5.74) is 2.72. The van der Waals surface area contributed by atoms with Crippen LogP contribution in [0, 0.1) is 0 Å². The standard InChI is InChI=1S/C15H11BrN2O2/c1-20-11-5-3-10(4-6-11)17-14-12-8-9(16)2-7-13(12)18-15(14)19/h2-8H,1H3,(H,17,18,19). The maximum absolute atomic E-state index is 12.0. The maximum atomic E-state index is 12.0. The fourth-order valence-corrected chi connectivity index (χ4v) is 2.38. The summed E-state index contributed by atoms with van der Waals surface area (Å²) in [6.45, 7) is 0. The average Bonchev–Trinajstić information content (AvgIpc) is 2.76. The second-order valence-electron chi connectivity index (χ2n) is 4.30. The van der Waals surface area contributed by atoms with Crippen LogP contribution in [0.15, 0.2) is 51.9 Å². The Kier molecular flexibility index (Phi) is 3.28. The van der Waals surface area contributed by atoms with E-state index in [9.17, 15) is 4.79 Å².